The molecule has 5 heteroatoms. The van der Waals surface area contributed by atoms with Gasteiger partial charge in [-0.25, -0.2) is 0 Å². The summed E-state index contributed by atoms with van der Waals surface area (Å²) in [5.74, 6) is 1.43. The van der Waals surface area contributed by atoms with Crippen molar-refractivity contribution in [2.24, 2.45) is 5.92 Å². The fraction of sp³-hybridized carbons (Fsp3) is 0.400. The SMILES string of the molecule is CCOc1ccc(C(NC(=O)c2ccccn2)C(C)C)cc1OCC. The molecule has 0 saturated carbocycles. The first-order valence-corrected chi connectivity index (χ1v) is 8.68. The van der Waals surface area contributed by atoms with Crippen LogP contribution in [0.5, 0.6) is 11.5 Å². The minimum atomic E-state index is -0.189. The Balaban J connectivity index is 2.27. The van der Waals surface area contributed by atoms with E-state index in [-0.39, 0.29) is 17.9 Å². The second-order valence-electron chi connectivity index (χ2n) is 5.98. The highest BCUT2D eigenvalue weighted by molar-refractivity contribution is 5.92. The van der Waals surface area contributed by atoms with Gasteiger partial charge in [0.2, 0.25) is 0 Å². The van der Waals surface area contributed by atoms with Crippen molar-refractivity contribution in [3.63, 3.8) is 0 Å². The average Bonchev–Trinajstić information content (AvgIpc) is 2.62. The number of ether oxygens (including phenoxy) is 2. The summed E-state index contributed by atoms with van der Waals surface area (Å²) in [6, 6.07) is 11.0. The number of amides is 1. The van der Waals surface area contributed by atoms with Gasteiger partial charge in [0.25, 0.3) is 5.91 Å². The van der Waals surface area contributed by atoms with Gasteiger partial charge in [-0.1, -0.05) is 26.0 Å². The Bertz CT molecular complexity index is 687. The molecule has 0 aliphatic carbocycles. The first kappa shape index (κ1) is 18.8. The van der Waals surface area contributed by atoms with E-state index >= 15 is 0 Å². The van der Waals surface area contributed by atoms with E-state index < -0.39 is 0 Å². The monoisotopic (exact) mass is 342 g/mol. The van der Waals surface area contributed by atoms with E-state index in [1.54, 1.807) is 24.4 Å². The summed E-state index contributed by atoms with van der Waals surface area (Å²) in [4.78, 5) is 16.6. The number of benzene rings is 1. The van der Waals surface area contributed by atoms with Crippen molar-refractivity contribution < 1.29 is 14.3 Å². The standard InChI is InChI=1S/C20H26N2O3/c1-5-24-17-11-10-15(13-18(17)25-6-2)19(14(3)4)22-20(23)16-9-7-8-12-21-16/h7-14,19H,5-6H2,1-4H3,(H,22,23). The topological polar surface area (TPSA) is 60.5 Å². The maximum absolute atomic E-state index is 12.5. The molecular weight excluding hydrogens is 316 g/mol. The number of hydrogen-bond acceptors (Lipinski definition) is 4. The van der Waals surface area contributed by atoms with Gasteiger partial charge in [-0.2, -0.15) is 0 Å². The number of nitrogens with zero attached hydrogens (tertiary/aromatic N) is 1. The summed E-state index contributed by atoms with van der Waals surface area (Å²) in [7, 11) is 0. The zero-order chi connectivity index (χ0) is 18.2. The maximum atomic E-state index is 12.5. The number of pyridine rings is 1. The Hall–Kier alpha value is -2.56. The number of carbonyl (C=O) groups excluding carboxylic acids is 1. The quantitative estimate of drug-likeness (QED) is 0.787. The van der Waals surface area contributed by atoms with Crippen LogP contribution in [0.25, 0.3) is 0 Å². The smallest absolute Gasteiger partial charge is 0.270 e. The maximum Gasteiger partial charge on any atom is 0.270 e. The molecule has 0 aliphatic heterocycles. The molecule has 1 aromatic carbocycles. The van der Waals surface area contributed by atoms with Gasteiger partial charge in [-0.3, -0.25) is 9.78 Å². The molecule has 1 N–H and O–H groups in total. The molecule has 1 unspecified atom stereocenters. The largest absolute Gasteiger partial charge is 0.490 e. The Morgan fingerprint density at radius 2 is 1.80 bits per heavy atom. The summed E-state index contributed by atoms with van der Waals surface area (Å²) in [5, 5.41) is 3.07. The Morgan fingerprint density at radius 1 is 1.08 bits per heavy atom. The summed E-state index contributed by atoms with van der Waals surface area (Å²) in [6.07, 6.45) is 1.61. The average molecular weight is 342 g/mol. The number of nitrogens with one attached hydrogen (secondary N) is 1. The number of carbonyl (C=O) groups is 1. The van der Waals surface area contributed by atoms with E-state index in [0.29, 0.717) is 30.4 Å². The van der Waals surface area contributed by atoms with Crippen molar-refractivity contribution in [1.29, 1.82) is 0 Å². The molecule has 1 aromatic heterocycles. The predicted molar refractivity (Wildman–Crippen MR) is 98.1 cm³/mol. The second kappa shape index (κ2) is 9.06. The summed E-state index contributed by atoms with van der Waals surface area (Å²) in [6.45, 7) is 9.14. The molecule has 0 fully saturated rings. The van der Waals surface area contributed by atoms with E-state index in [9.17, 15) is 4.79 Å². The Kier molecular flexibility index (Phi) is 6.81. The third-order valence-corrected chi connectivity index (χ3v) is 3.78. The highest BCUT2D eigenvalue weighted by Gasteiger charge is 2.21. The van der Waals surface area contributed by atoms with Crippen LogP contribution in [0.15, 0.2) is 42.6 Å². The van der Waals surface area contributed by atoms with Crippen LogP contribution in [-0.2, 0) is 0 Å². The minimum absolute atomic E-state index is 0.149. The van der Waals surface area contributed by atoms with Crippen LogP contribution in [0.3, 0.4) is 0 Å². The first-order chi connectivity index (χ1) is 12.1. The van der Waals surface area contributed by atoms with E-state index in [1.165, 1.54) is 0 Å². The summed E-state index contributed by atoms with van der Waals surface area (Å²) in [5.41, 5.74) is 1.38. The molecule has 134 valence electrons. The Labute approximate surface area is 149 Å². The van der Waals surface area contributed by atoms with Gasteiger partial charge in [0, 0.05) is 6.20 Å². The lowest BCUT2D eigenvalue weighted by Gasteiger charge is -2.24. The predicted octanol–water partition coefficient (Wildman–Crippen LogP) is 4.01. The van der Waals surface area contributed by atoms with Crippen molar-refractivity contribution in [3.8, 4) is 11.5 Å². The van der Waals surface area contributed by atoms with Crippen LogP contribution in [0.1, 0.15) is 49.8 Å². The van der Waals surface area contributed by atoms with Crippen molar-refractivity contribution in [2.45, 2.75) is 33.7 Å². The van der Waals surface area contributed by atoms with Gasteiger partial charge in [0.1, 0.15) is 5.69 Å². The molecule has 5 nitrogen and oxygen atoms in total. The lowest BCUT2D eigenvalue weighted by molar-refractivity contribution is 0.0920. The molecule has 0 aliphatic rings. The summed E-state index contributed by atoms with van der Waals surface area (Å²) >= 11 is 0. The third-order valence-electron chi connectivity index (χ3n) is 3.78. The van der Waals surface area contributed by atoms with Crippen molar-refractivity contribution >= 4 is 5.91 Å². The van der Waals surface area contributed by atoms with Crippen LogP contribution in [-0.4, -0.2) is 24.1 Å². The highest BCUT2D eigenvalue weighted by atomic mass is 16.5. The summed E-state index contributed by atoms with van der Waals surface area (Å²) < 4.78 is 11.3. The van der Waals surface area contributed by atoms with Gasteiger partial charge < -0.3 is 14.8 Å². The van der Waals surface area contributed by atoms with E-state index in [4.69, 9.17) is 9.47 Å². The molecule has 1 heterocycles. The third kappa shape index (κ3) is 4.95. The van der Waals surface area contributed by atoms with E-state index in [0.717, 1.165) is 5.56 Å². The van der Waals surface area contributed by atoms with Gasteiger partial charge in [-0.05, 0) is 49.6 Å². The van der Waals surface area contributed by atoms with Crippen LogP contribution in [0.2, 0.25) is 0 Å². The van der Waals surface area contributed by atoms with Crippen molar-refractivity contribution in [1.82, 2.24) is 10.3 Å². The van der Waals surface area contributed by atoms with Crippen LogP contribution in [0, 0.1) is 5.92 Å². The molecule has 1 amide bonds. The van der Waals surface area contributed by atoms with E-state index in [1.807, 2.05) is 32.0 Å². The lowest BCUT2D eigenvalue weighted by atomic mass is 9.95. The molecule has 2 rings (SSSR count). The molecule has 0 saturated heterocycles. The number of aromatic nitrogens is 1. The van der Waals surface area contributed by atoms with Gasteiger partial charge in [0.15, 0.2) is 11.5 Å². The fourth-order valence-corrected chi connectivity index (χ4v) is 2.61. The van der Waals surface area contributed by atoms with Crippen LogP contribution in [0.4, 0.5) is 0 Å². The van der Waals surface area contributed by atoms with Gasteiger partial charge in [-0.15, -0.1) is 0 Å². The number of hydrogen-bond donors (Lipinski definition) is 1. The molecule has 0 radical (unpaired) electrons. The van der Waals surface area contributed by atoms with Crippen molar-refractivity contribution in [2.75, 3.05) is 13.2 Å². The molecule has 1 atom stereocenters. The second-order valence-corrected chi connectivity index (χ2v) is 5.98. The normalized spacial score (nSPS) is 11.9. The molecule has 0 bridgehead atoms. The zero-order valence-electron chi connectivity index (χ0n) is 15.3. The molecule has 25 heavy (non-hydrogen) atoms. The van der Waals surface area contributed by atoms with E-state index in [2.05, 4.69) is 24.1 Å². The first-order valence-electron chi connectivity index (χ1n) is 8.68. The number of rotatable bonds is 8. The van der Waals surface area contributed by atoms with Crippen molar-refractivity contribution in [3.05, 3.63) is 53.9 Å². The van der Waals surface area contributed by atoms with Gasteiger partial charge in [0.05, 0.1) is 19.3 Å². The Morgan fingerprint density at radius 3 is 2.40 bits per heavy atom. The molecule has 2 aromatic rings. The molecular formula is C20H26N2O3. The highest BCUT2D eigenvalue weighted by Crippen LogP contribution is 2.33. The lowest BCUT2D eigenvalue weighted by Crippen LogP contribution is -2.32. The fourth-order valence-electron chi connectivity index (χ4n) is 2.61. The van der Waals surface area contributed by atoms with Crippen LogP contribution < -0.4 is 14.8 Å². The minimum Gasteiger partial charge on any atom is -0.490 e. The zero-order valence-corrected chi connectivity index (χ0v) is 15.3. The van der Waals surface area contributed by atoms with Gasteiger partial charge >= 0.3 is 0 Å². The van der Waals surface area contributed by atoms with Crippen LogP contribution >= 0.6 is 0 Å². The molecule has 0 spiro atoms.